The van der Waals surface area contributed by atoms with Crippen molar-refractivity contribution in [3.05, 3.63) is 87.9 Å². The van der Waals surface area contributed by atoms with Crippen LogP contribution in [0.5, 0.6) is 11.5 Å². The van der Waals surface area contributed by atoms with Crippen LogP contribution in [-0.2, 0) is 4.57 Å². The van der Waals surface area contributed by atoms with Gasteiger partial charge in [0.1, 0.15) is 11.5 Å². The van der Waals surface area contributed by atoms with Gasteiger partial charge in [-0.1, -0.05) is 34.8 Å². The molecule has 4 nitrogen and oxygen atoms in total. The van der Waals surface area contributed by atoms with Crippen molar-refractivity contribution < 1.29 is 13.6 Å². The Morgan fingerprint density at radius 3 is 1.35 bits per heavy atom. The number of hydrogen-bond acceptors (Lipinski definition) is 3. The van der Waals surface area contributed by atoms with Gasteiger partial charge in [-0.15, -0.1) is 0 Å². The summed E-state index contributed by atoms with van der Waals surface area (Å²) in [7, 11) is -3.81. The first-order valence-corrected chi connectivity index (χ1v) is 10.1. The fourth-order valence-electron chi connectivity index (χ4n) is 2.02. The van der Waals surface area contributed by atoms with Crippen LogP contribution < -0.4 is 14.1 Å². The average molecular weight is 429 g/mol. The number of nitrogens with one attached hydrogen (secondary N) is 1. The molecule has 0 unspecified atom stereocenters. The number of halogens is 3. The van der Waals surface area contributed by atoms with E-state index < -0.39 is 7.75 Å². The van der Waals surface area contributed by atoms with E-state index in [0.29, 0.717) is 32.3 Å². The molecular formula is C18H13Cl3NO3P. The van der Waals surface area contributed by atoms with Crippen molar-refractivity contribution in [1.29, 1.82) is 0 Å². The third kappa shape index (κ3) is 5.33. The van der Waals surface area contributed by atoms with Gasteiger partial charge in [0.05, 0.1) is 0 Å². The van der Waals surface area contributed by atoms with Gasteiger partial charge in [0.2, 0.25) is 0 Å². The molecule has 0 aliphatic rings. The van der Waals surface area contributed by atoms with Crippen LogP contribution in [0.1, 0.15) is 0 Å². The smallest absolute Gasteiger partial charge is 0.400 e. The zero-order valence-electron chi connectivity index (χ0n) is 13.2. The summed E-state index contributed by atoms with van der Waals surface area (Å²) >= 11 is 17.6. The minimum Gasteiger partial charge on any atom is -0.400 e. The van der Waals surface area contributed by atoms with Crippen molar-refractivity contribution in [3.63, 3.8) is 0 Å². The van der Waals surface area contributed by atoms with Crippen LogP contribution in [0.25, 0.3) is 0 Å². The first kappa shape index (κ1) is 18.9. The minimum atomic E-state index is -3.81. The molecule has 3 aromatic rings. The zero-order valence-corrected chi connectivity index (χ0v) is 16.4. The second kappa shape index (κ2) is 8.24. The molecule has 26 heavy (non-hydrogen) atoms. The molecule has 0 spiro atoms. The summed E-state index contributed by atoms with van der Waals surface area (Å²) in [6, 6.07) is 19.6. The van der Waals surface area contributed by atoms with Crippen LogP contribution >= 0.6 is 42.5 Å². The van der Waals surface area contributed by atoms with E-state index in [9.17, 15) is 4.57 Å². The monoisotopic (exact) mass is 427 g/mol. The number of rotatable bonds is 6. The maximum atomic E-state index is 13.3. The number of anilines is 1. The van der Waals surface area contributed by atoms with E-state index in [1.54, 1.807) is 72.8 Å². The minimum absolute atomic E-state index is 0.341. The maximum Gasteiger partial charge on any atom is 0.541 e. The molecule has 0 bridgehead atoms. The Morgan fingerprint density at radius 2 is 0.962 bits per heavy atom. The molecule has 0 aromatic heterocycles. The van der Waals surface area contributed by atoms with Gasteiger partial charge in [-0.25, -0.2) is 4.57 Å². The van der Waals surface area contributed by atoms with Crippen LogP contribution in [-0.4, -0.2) is 0 Å². The Labute approximate surface area is 166 Å². The van der Waals surface area contributed by atoms with Crippen LogP contribution in [0.2, 0.25) is 15.1 Å². The third-order valence-electron chi connectivity index (χ3n) is 3.19. The highest BCUT2D eigenvalue weighted by Gasteiger charge is 2.29. The van der Waals surface area contributed by atoms with Crippen molar-refractivity contribution in [2.75, 3.05) is 5.09 Å². The Hall–Kier alpha value is -1.84. The van der Waals surface area contributed by atoms with Gasteiger partial charge < -0.3 is 9.05 Å². The highest BCUT2D eigenvalue weighted by molar-refractivity contribution is 7.56. The molecule has 0 aliphatic carbocycles. The molecule has 0 saturated heterocycles. The zero-order chi connectivity index (χ0) is 18.6. The SMILES string of the molecule is O=P(Nc1ccc(Cl)cc1)(Oc1ccc(Cl)cc1)Oc1ccc(Cl)cc1. The van der Waals surface area contributed by atoms with Crippen molar-refractivity contribution >= 4 is 48.2 Å². The third-order valence-corrected chi connectivity index (χ3v) is 5.38. The Morgan fingerprint density at radius 1 is 0.615 bits per heavy atom. The lowest BCUT2D eigenvalue weighted by Crippen LogP contribution is -2.09. The van der Waals surface area contributed by atoms with Crippen molar-refractivity contribution in [1.82, 2.24) is 0 Å². The van der Waals surface area contributed by atoms with Gasteiger partial charge in [0.15, 0.2) is 0 Å². The van der Waals surface area contributed by atoms with Gasteiger partial charge in [-0.2, -0.15) is 0 Å². The van der Waals surface area contributed by atoms with E-state index in [2.05, 4.69) is 5.09 Å². The molecule has 0 heterocycles. The Bertz CT molecular complexity index is 793. The fourth-order valence-corrected chi connectivity index (χ4v) is 3.79. The molecule has 3 rings (SSSR count). The molecule has 134 valence electrons. The second-order valence-electron chi connectivity index (χ2n) is 5.21. The van der Waals surface area contributed by atoms with Crippen LogP contribution in [0.3, 0.4) is 0 Å². The van der Waals surface area contributed by atoms with E-state index in [0.717, 1.165) is 0 Å². The second-order valence-corrected chi connectivity index (χ2v) is 8.10. The summed E-state index contributed by atoms with van der Waals surface area (Å²) in [5.41, 5.74) is 0.528. The van der Waals surface area contributed by atoms with E-state index in [1.807, 2.05) is 0 Å². The molecule has 0 saturated carbocycles. The van der Waals surface area contributed by atoms with Gasteiger partial charge in [-0.3, -0.25) is 5.09 Å². The van der Waals surface area contributed by atoms with Gasteiger partial charge in [0, 0.05) is 20.8 Å². The number of benzene rings is 3. The summed E-state index contributed by atoms with van der Waals surface area (Å²) in [5, 5.41) is 4.43. The fraction of sp³-hybridized carbons (Fsp3) is 0. The summed E-state index contributed by atoms with van der Waals surface area (Å²) in [4.78, 5) is 0. The molecule has 1 N–H and O–H groups in total. The molecule has 0 atom stereocenters. The van der Waals surface area contributed by atoms with Gasteiger partial charge in [-0.05, 0) is 72.8 Å². The molecule has 8 heteroatoms. The lowest BCUT2D eigenvalue weighted by molar-refractivity contribution is 0.393. The molecule has 0 radical (unpaired) electrons. The first-order chi connectivity index (χ1) is 12.4. The summed E-state index contributed by atoms with van der Waals surface area (Å²) in [5.74, 6) is 0.682. The number of hydrogen-bond donors (Lipinski definition) is 1. The van der Waals surface area contributed by atoms with E-state index in [1.165, 1.54) is 0 Å². The molecule has 0 aliphatic heterocycles. The Kier molecular flexibility index (Phi) is 6.00. The van der Waals surface area contributed by atoms with Crippen molar-refractivity contribution in [3.8, 4) is 11.5 Å². The molecule has 3 aromatic carbocycles. The largest absolute Gasteiger partial charge is 0.541 e. The lowest BCUT2D eigenvalue weighted by Gasteiger charge is -2.21. The predicted molar refractivity (Wildman–Crippen MR) is 107 cm³/mol. The standard InChI is InChI=1S/C18H13Cl3NO3P/c19-13-1-7-16(8-2-13)22-26(23,24-17-9-3-14(20)4-10-17)25-18-11-5-15(21)6-12-18/h1-12H,(H,22,23). The van der Waals surface area contributed by atoms with E-state index >= 15 is 0 Å². The van der Waals surface area contributed by atoms with E-state index in [4.69, 9.17) is 43.9 Å². The lowest BCUT2D eigenvalue weighted by atomic mass is 10.3. The topological polar surface area (TPSA) is 47.6 Å². The van der Waals surface area contributed by atoms with Crippen molar-refractivity contribution in [2.45, 2.75) is 0 Å². The van der Waals surface area contributed by atoms with Gasteiger partial charge in [0.25, 0.3) is 0 Å². The van der Waals surface area contributed by atoms with Crippen LogP contribution in [0.4, 0.5) is 5.69 Å². The van der Waals surface area contributed by atoms with E-state index in [-0.39, 0.29) is 0 Å². The quantitative estimate of drug-likeness (QED) is 0.418. The summed E-state index contributed by atoms with van der Waals surface area (Å²) in [6.45, 7) is 0. The van der Waals surface area contributed by atoms with Crippen LogP contribution in [0.15, 0.2) is 72.8 Å². The highest BCUT2D eigenvalue weighted by atomic mass is 35.5. The average Bonchev–Trinajstić information content (AvgIpc) is 2.61. The maximum absolute atomic E-state index is 13.3. The highest BCUT2D eigenvalue weighted by Crippen LogP contribution is 2.48. The van der Waals surface area contributed by atoms with Crippen molar-refractivity contribution in [2.24, 2.45) is 0 Å². The molecule has 0 amide bonds. The summed E-state index contributed by atoms with van der Waals surface area (Å²) in [6.07, 6.45) is 0. The van der Waals surface area contributed by atoms with Gasteiger partial charge >= 0.3 is 7.75 Å². The normalized spacial score (nSPS) is 11.0. The molecular weight excluding hydrogens is 416 g/mol. The predicted octanol–water partition coefficient (Wildman–Crippen LogP) is 7.32. The summed E-state index contributed by atoms with van der Waals surface area (Å²) < 4.78 is 24.6. The van der Waals surface area contributed by atoms with Crippen LogP contribution in [0, 0.1) is 0 Å². The first-order valence-electron chi connectivity index (χ1n) is 7.46. The Balaban J connectivity index is 1.88. The molecule has 0 fully saturated rings.